The van der Waals surface area contributed by atoms with Crippen molar-refractivity contribution < 1.29 is 7.54 Å². The van der Waals surface area contributed by atoms with Crippen molar-refractivity contribution in [3.63, 3.8) is 0 Å². The molecule has 0 radical (unpaired) electrons. The Morgan fingerprint density at radius 2 is 2.75 bits per heavy atom. The summed E-state index contributed by atoms with van der Waals surface area (Å²) in [5.74, 6) is -0.907. The fraction of sp³-hybridized carbons (Fsp3) is 0.500. The highest BCUT2D eigenvalue weighted by molar-refractivity contribution is 5.70. The van der Waals surface area contributed by atoms with E-state index in [0.717, 1.165) is 0 Å². The summed E-state index contributed by atoms with van der Waals surface area (Å²) in [6.45, 7) is -1.51. The summed E-state index contributed by atoms with van der Waals surface area (Å²) in [4.78, 5) is 9.55. The van der Waals surface area contributed by atoms with Gasteiger partial charge < -0.3 is 5.73 Å². The Hall–Kier alpha value is -0.530. The van der Waals surface area contributed by atoms with Crippen LogP contribution < -0.4 is 5.73 Å². The summed E-state index contributed by atoms with van der Waals surface area (Å²) >= 11 is 0. The topological polar surface area (TPSA) is 43.1 Å². The molecule has 4 heavy (non-hydrogen) atoms. The fourth-order valence-electron chi connectivity index (χ4n) is 0. The van der Waals surface area contributed by atoms with Gasteiger partial charge in [-0.05, 0) is 0 Å². The largest absolute Gasteiger partial charge is 0.370 e. The van der Waals surface area contributed by atoms with Crippen LogP contribution in [0, 0.1) is 0 Å². The molecule has 0 aromatic heterocycles. The molecule has 0 aliphatic heterocycles. The molecule has 2 heteroatoms. The van der Waals surface area contributed by atoms with Gasteiger partial charge in [0.15, 0.2) is 0 Å². The Balaban J connectivity index is 3.26. The second-order valence-corrected chi connectivity index (χ2v) is 0.402. The van der Waals surface area contributed by atoms with Crippen LogP contribution in [0.4, 0.5) is 0 Å². The van der Waals surface area contributed by atoms with E-state index >= 15 is 0 Å². The standard InChI is InChI=1S/C2H5NO/c1-2(3)4/h1H3,(H2,3,4)/i1D2. The molecule has 0 rings (SSSR count). The Morgan fingerprint density at radius 1 is 2.50 bits per heavy atom. The van der Waals surface area contributed by atoms with E-state index in [2.05, 4.69) is 5.73 Å². The van der Waals surface area contributed by atoms with Crippen molar-refractivity contribution in [3.05, 3.63) is 0 Å². The molecule has 0 unspecified atom stereocenters. The van der Waals surface area contributed by atoms with Crippen LogP contribution in [-0.2, 0) is 4.79 Å². The van der Waals surface area contributed by atoms with Crippen LogP contribution in [0.1, 0.15) is 9.62 Å². The van der Waals surface area contributed by atoms with E-state index in [9.17, 15) is 4.79 Å². The van der Waals surface area contributed by atoms with Gasteiger partial charge in [-0.2, -0.15) is 0 Å². The number of primary amides is 1. The molecule has 0 saturated heterocycles. The van der Waals surface area contributed by atoms with E-state index in [1.165, 1.54) is 0 Å². The number of carbonyl (C=O) groups excluding carboxylic acids is 1. The molecule has 0 atom stereocenters. The van der Waals surface area contributed by atoms with E-state index in [1.807, 2.05) is 0 Å². The minimum absolute atomic E-state index is 0.907. The molecule has 0 saturated carbocycles. The van der Waals surface area contributed by atoms with E-state index in [4.69, 9.17) is 2.74 Å². The van der Waals surface area contributed by atoms with Crippen molar-refractivity contribution in [2.75, 3.05) is 0 Å². The van der Waals surface area contributed by atoms with Crippen molar-refractivity contribution >= 4 is 5.91 Å². The fourth-order valence-corrected chi connectivity index (χ4v) is 0. The Morgan fingerprint density at radius 3 is 2.75 bits per heavy atom. The molecule has 0 aromatic carbocycles. The molecule has 0 fully saturated rings. The molecule has 2 N–H and O–H groups in total. The molecule has 2 nitrogen and oxygen atoms in total. The van der Waals surface area contributed by atoms with E-state index in [-0.39, 0.29) is 0 Å². The molecule has 24 valence electrons. The van der Waals surface area contributed by atoms with Crippen LogP contribution >= 0.6 is 0 Å². The van der Waals surface area contributed by atoms with Gasteiger partial charge in [0, 0.05) is 9.62 Å². The zero-order valence-corrected chi connectivity index (χ0v) is 2.06. The maximum Gasteiger partial charge on any atom is 0.214 e. The average molecular weight is 61.1 g/mol. The highest BCUT2D eigenvalue weighted by Crippen LogP contribution is 1.33. The first kappa shape index (κ1) is 1.06. The van der Waals surface area contributed by atoms with Crippen LogP contribution in [0.2, 0.25) is 0 Å². The van der Waals surface area contributed by atoms with Gasteiger partial charge in [0.05, 0.1) is 0 Å². The van der Waals surface area contributed by atoms with E-state index in [1.54, 1.807) is 0 Å². The van der Waals surface area contributed by atoms with Crippen LogP contribution in [0.25, 0.3) is 0 Å². The number of hydrogen-bond donors (Lipinski definition) is 1. The Bertz CT molecular complexity index is 62.6. The van der Waals surface area contributed by atoms with Gasteiger partial charge in [-0.15, -0.1) is 0 Å². The van der Waals surface area contributed by atoms with E-state index < -0.39 is 12.8 Å². The third kappa shape index (κ3) is 1.16. The Kier molecular flexibility index (Phi) is 0.232. The van der Waals surface area contributed by atoms with Gasteiger partial charge in [-0.3, -0.25) is 4.79 Å². The Labute approximate surface area is 27.4 Å². The molecular weight excluding hydrogens is 54.0 g/mol. The molecule has 0 bridgehead atoms. The lowest BCUT2D eigenvalue weighted by atomic mass is 10.8. The van der Waals surface area contributed by atoms with Gasteiger partial charge in [0.2, 0.25) is 5.91 Å². The van der Waals surface area contributed by atoms with Crippen LogP contribution in [0.3, 0.4) is 0 Å². The molecular formula is C2H5NO. The lowest BCUT2D eigenvalue weighted by Gasteiger charge is -1.60. The van der Waals surface area contributed by atoms with Crippen molar-refractivity contribution in [2.45, 2.75) is 6.88 Å². The van der Waals surface area contributed by atoms with E-state index in [0.29, 0.717) is 0 Å². The highest BCUT2D eigenvalue weighted by Gasteiger charge is 1.61. The number of rotatable bonds is 0. The van der Waals surface area contributed by atoms with Gasteiger partial charge in [0.25, 0.3) is 0 Å². The van der Waals surface area contributed by atoms with Crippen molar-refractivity contribution in [1.29, 1.82) is 0 Å². The molecule has 0 aliphatic rings. The van der Waals surface area contributed by atoms with Gasteiger partial charge in [-0.1, -0.05) is 0 Å². The van der Waals surface area contributed by atoms with Crippen molar-refractivity contribution in [2.24, 2.45) is 5.73 Å². The van der Waals surface area contributed by atoms with Crippen molar-refractivity contribution in [3.8, 4) is 0 Å². The quantitative estimate of drug-likeness (QED) is 0.403. The lowest BCUT2D eigenvalue weighted by Crippen LogP contribution is -2.01. The first-order chi connectivity index (χ1) is 2.64. The highest BCUT2D eigenvalue weighted by atomic mass is 16.1. The summed E-state index contributed by atoms with van der Waals surface area (Å²) in [6, 6.07) is 0. The predicted molar refractivity (Wildman–Crippen MR) is 14.9 cm³/mol. The number of hydrogen-bond acceptors (Lipinski definition) is 1. The third-order valence-corrected chi connectivity index (χ3v) is 0. The molecule has 0 aliphatic carbocycles. The minimum atomic E-state index is -1.51. The first-order valence-electron chi connectivity index (χ1n) is 1.94. The average Bonchev–Trinajstić information content (AvgIpc) is 1.36. The summed E-state index contributed by atoms with van der Waals surface area (Å²) < 4.78 is 12.4. The normalized spacial score (nSPS) is 14.2. The first-order valence-corrected chi connectivity index (χ1v) is 0.781. The maximum atomic E-state index is 9.55. The lowest BCUT2D eigenvalue weighted by molar-refractivity contribution is -0.115. The zero-order valence-electron chi connectivity index (χ0n) is 4.06. The second-order valence-electron chi connectivity index (χ2n) is 0.402. The minimum Gasteiger partial charge on any atom is -0.370 e. The predicted octanol–water partition coefficient (Wildman–Crippen LogP) is -0.508. The summed E-state index contributed by atoms with van der Waals surface area (Å²) in [5, 5.41) is 0. The summed E-state index contributed by atoms with van der Waals surface area (Å²) in [7, 11) is 0. The van der Waals surface area contributed by atoms with Crippen LogP contribution in [0.15, 0.2) is 0 Å². The molecule has 0 aromatic rings. The smallest absolute Gasteiger partial charge is 0.214 e. The van der Waals surface area contributed by atoms with Gasteiger partial charge >= 0.3 is 0 Å². The monoisotopic (exact) mass is 61.0 g/mol. The molecule has 1 amide bonds. The maximum absolute atomic E-state index is 9.55. The van der Waals surface area contributed by atoms with Crippen LogP contribution in [-0.4, -0.2) is 5.91 Å². The van der Waals surface area contributed by atoms with Gasteiger partial charge in [-0.25, -0.2) is 0 Å². The number of carbonyl (C=O) groups is 1. The SMILES string of the molecule is [2H]C([2H])C(N)=O. The van der Waals surface area contributed by atoms with Crippen LogP contribution in [0.5, 0.6) is 0 Å². The summed E-state index contributed by atoms with van der Waals surface area (Å²) in [5.41, 5.74) is 4.42. The molecule has 0 heterocycles. The third-order valence-electron chi connectivity index (χ3n) is 0. The number of amides is 1. The van der Waals surface area contributed by atoms with Crippen molar-refractivity contribution in [1.82, 2.24) is 0 Å². The zero-order chi connectivity index (χ0) is 5.15. The molecule has 0 spiro atoms. The second kappa shape index (κ2) is 0.875. The van der Waals surface area contributed by atoms with Gasteiger partial charge in [0.1, 0.15) is 0 Å². The summed E-state index contributed by atoms with van der Waals surface area (Å²) in [6.07, 6.45) is 0. The number of nitrogens with two attached hydrogens (primary N) is 1.